The SMILES string of the molecule is CC(C)CN(CCC#N)c1cc(C(=O)O)c(N)cc1F. The lowest BCUT2D eigenvalue weighted by atomic mass is 10.1. The van der Waals surface area contributed by atoms with Crippen LogP contribution in [0.5, 0.6) is 0 Å². The lowest BCUT2D eigenvalue weighted by Gasteiger charge is -2.26. The van der Waals surface area contributed by atoms with E-state index in [4.69, 9.17) is 16.1 Å². The molecule has 3 N–H and O–H groups in total. The molecule has 0 aliphatic rings. The Balaban J connectivity index is 3.21. The summed E-state index contributed by atoms with van der Waals surface area (Å²) in [6, 6.07) is 4.25. The minimum Gasteiger partial charge on any atom is -0.478 e. The third-order valence-corrected chi connectivity index (χ3v) is 2.77. The molecule has 0 radical (unpaired) electrons. The normalized spacial score (nSPS) is 10.3. The summed E-state index contributed by atoms with van der Waals surface area (Å²) in [5, 5.41) is 17.7. The molecule has 1 aromatic rings. The molecule has 0 atom stereocenters. The van der Waals surface area contributed by atoms with Crippen molar-refractivity contribution in [3.8, 4) is 6.07 Å². The number of nitriles is 1. The van der Waals surface area contributed by atoms with Crippen LogP contribution in [0.2, 0.25) is 0 Å². The van der Waals surface area contributed by atoms with Gasteiger partial charge < -0.3 is 15.7 Å². The number of rotatable bonds is 6. The van der Waals surface area contributed by atoms with Crippen LogP contribution in [0.15, 0.2) is 12.1 Å². The number of nitrogens with zero attached hydrogens (tertiary/aromatic N) is 2. The fraction of sp³-hybridized carbons (Fsp3) is 0.429. The first-order valence-corrected chi connectivity index (χ1v) is 6.31. The monoisotopic (exact) mass is 279 g/mol. The summed E-state index contributed by atoms with van der Waals surface area (Å²) in [4.78, 5) is 12.7. The highest BCUT2D eigenvalue weighted by Crippen LogP contribution is 2.26. The maximum Gasteiger partial charge on any atom is 0.337 e. The number of halogens is 1. The predicted molar refractivity (Wildman–Crippen MR) is 75.1 cm³/mol. The molecule has 0 fully saturated rings. The standard InChI is InChI=1S/C14H18FN3O2/c1-9(2)8-18(5-3-4-16)13-6-10(14(19)20)12(17)7-11(13)15/h6-7,9H,3,5,8,17H2,1-2H3,(H,19,20). The number of hydrogen-bond acceptors (Lipinski definition) is 4. The Morgan fingerprint density at radius 1 is 1.55 bits per heavy atom. The van der Waals surface area contributed by atoms with E-state index in [1.165, 1.54) is 6.07 Å². The summed E-state index contributed by atoms with van der Waals surface area (Å²) >= 11 is 0. The van der Waals surface area contributed by atoms with Crippen molar-refractivity contribution in [3.05, 3.63) is 23.5 Å². The van der Waals surface area contributed by atoms with Gasteiger partial charge in [-0.3, -0.25) is 0 Å². The molecule has 108 valence electrons. The van der Waals surface area contributed by atoms with E-state index >= 15 is 0 Å². The molecule has 0 heterocycles. The van der Waals surface area contributed by atoms with Crippen molar-refractivity contribution >= 4 is 17.3 Å². The van der Waals surface area contributed by atoms with Gasteiger partial charge in [-0.25, -0.2) is 9.18 Å². The van der Waals surface area contributed by atoms with Crippen LogP contribution in [-0.4, -0.2) is 24.2 Å². The lowest BCUT2D eigenvalue weighted by molar-refractivity contribution is 0.0698. The summed E-state index contributed by atoms with van der Waals surface area (Å²) < 4.78 is 14.0. The topological polar surface area (TPSA) is 90.3 Å². The summed E-state index contributed by atoms with van der Waals surface area (Å²) in [7, 11) is 0. The zero-order valence-electron chi connectivity index (χ0n) is 11.6. The maximum atomic E-state index is 14.0. The second-order valence-electron chi connectivity index (χ2n) is 4.94. The van der Waals surface area contributed by atoms with Crippen LogP contribution in [0.4, 0.5) is 15.8 Å². The highest BCUT2D eigenvalue weighted by molar-refractivity contribution is 5.95. The molecule has 0 aliphatic carbocycles. The fourth-order valence-corrected chi connectivity index (χ4v) is 1.94. The Kier molecular flexibility index (Phi) is 5.32. The van der Waals surface area contributed by atoms with Crippen LogP contribution >= 0.6 is 0 Å². The van der Waals surface area contributed by atoms with Gasteiger partial charge in [0.05, 0.1) is 23.7 Å². The van der Waals surface area contributed by atoms with Gasteiger partial charge in [-0.2, -0.15) is 5.26 Å². The molecule has 0 unspecified atom stereocenters. The maximum absolute atomic E-state index is 14.0. The molecule has 0 bridgehead atoms. The van der Waals surface area contributed by atoms with Crippen molar-refractivity contribution in [1.82, 2.24) is 0 Å². The van der Waals surface area contributed by atoms with Crippen LogP contribution in [0.25, 0.3) is 0 Å². The van der Waals surface area contributed by atoms with Crippen molar-refractivity contribution in [2.45, 2.75) is 20.3 Å². The minimum absolute atomic E-state index is 0.108. The molecule has 0 aliphatic heterocycles. The number of carboxylic acid groups (broad SMARTS) is 1. The largest absolute Gasteiger partial charge is 0.478 e. The van der Waals surface area contributed by atoms with Crippen molar-refractivity contribution in [2.24, 2.45) is 5.92 Å². The van der Waals surface area contributed by atoms with Crippen molar-refractivity contribution in [1.29, 1.82) is 5.26 Å². The number of aromatic carboxylic acids is 1. The zero-order valence-corrected chi connectivity index (χ0v) is 11.6. The number of nitrogen functional groups attached to an aromatic ring is 1. The number of benzene rings is 1. The van der Waals surface area contributed by atoms with E-state index in [-0.39, 0.29) is 29.3 Å². The first kappa shape index (κ1) is 15.8. The molecule has 0 aromatic heterocycles. The molecule has 0 saturated carbocycles. The third kappa shape index (κ3) is 3.85. The van der Waals surface area contributed by atoms with Crippen LogP contribution < -0.4 is 10.6 Å². The van der Waals surface area contributed by atoms with Crippen molar-refractivity contribution < 1.29 is 14.3 Å². The highest BCUT2D eigenvalue weighted by Gasteiger charge is 2.18. The van der Waals surface area contributed by atoms with E-state index in [1.54, 1.807) is 4.90 Å². The number of carbonyl (C=O) groups is 1. The van der Waals surface area contributed by atoms with E-state index in [1.807, 2.05) is 19.9 Å². The van der Waals surface area contributed by atoms with Gasteiger partial charge in [0, 0.05) is 18.8 Å². The van der Waals surface area contributed by atoms with Gasteiger partial charge in [0.15, 0.2) is 0 Å². The lowest BCUT2D eigenvalue weighted by Crippen LogP contribution is -2.29. The van der Waals surface area contributed by atoms with Gasteiger partial charge >= 0.3 is 5.97 Å². The quantitative estimate of drug-likeness (QED) is 0.781. The van der Waals surface area contributed by atoms with Crippen LogP contribution in [0.1, 0.15) is 30.6 Å². The number of hydrogen-bond donors (Lipinski definition) is 2. The number of nitrogens with two attached hydrogens (primary N) is 1. The minimum atomic E-state index is -1.20. The van der Waals surface area contributed by atoms with Gasteiger partial charge in [-0.1, -0.05) is 13.8 Å². The number of anilines is 2. The van der Waals surface area contributed by atoms with E-state index in [2.05, 4.69) is 0 Å². The van der Waals surface area contributed by atoms with Crippen LogP contribution in [0, 0.1) is 23.1 Å². The average Bonchev–Trinajstić information content (AvgIpc) is 2.34. The number of carboxylic acids is 1. The van der Waals surface area contributed by atoms with Crippen molar-refractivity contribution in [3.63, 3.8) is 0 Å². The first-order chi connectivity index (χ1) is 9.36. The smallest absolute Gasteiger partial charge is 0.337 e. The van der Waals surface area contributed by atoms with E-state index in [0.717, 1.165) is 6.07 Å². The van der Waals surface area contributed by atoms with Gasteiger partial charge in [0.1, 0.15) is 5.82 Å². The molecule has 0 saturated heterocycles. The van der Waals surface area contributed by atoms with Gasteiger partial charge in [-0.05, 0) is 18.1 Å². The van der Waals surface area contributed by atoms with Crippen LogP contribution in [0.3, 0.4) is 0 Å². The Morgan fingerprint density at radius 3 is 2.70 bits per heavy atom. The second kappa shape index (κ2) is 6.75. The van der Waals surface area contributed by atoms with E-state index in [0.29, 0.717) is 13.1 Å². The fourth-order valence-electron chi connectivity index (χ4n) is 1.94. The molecule has 20 heavy (non-hydrogen) atoms. The molecule has 1 aromatic carbocycles. The Morgan fingerprint density at radius 2 is 2.20 bits per heavy atom. The second-order valence-corrected chi connectivity index (χ2v) is 4.94. The summed E-state index contributed by atoms with van der Waals surface area (Å²) in [5.74, 6) is -1.53. The molecule has 6 heteroatoms. The Hall–Kier alpha value is -2.29. The first-order valence-electron chi connectivity index (χ1n) is 6.31. The van der Waals surface area contributed by atoms with Gasteiger partial charge in [-0.15, -0.1) is 0 Å². The summed E-state index contributed by atoms with van der Waals surface area (Å²) in [5.41, 5.74) is 5.43. The molecular formula is C14H18FN3O2. The average molecular weight is 279 g/mol. The summed E-state index contributed by atoms with van der Waals surface area (Å²) in [6.07, 6.45) is 0.235. The van der Waals surface area contributed by atoms with Gasteiger partial charge in [0.2, 0.25) is 0 Å². The highest BCUT2D eigenvalue weighted by atomic mass is 19.1. The Labute approximate surface area is 117 Å². The molecular weight excluding hydrogens is 261 g/mol. The molecule has 0 spiro atoms. The van der Waals surface area contributed by atoms with E-state index < -0.39 is 11.8 Å². The summed E-state index contributed by atoms with van der Waals surface area (Å²) in [6.45, 7) is 4.80. The molecule has 1 rings (SSSR count). The Bertz CT molecular complexity index is 538. The van der Waals surface area contributed by atoms with Crippen LogP contribution in [-0.2, 0) is 0 Å². The molecule has 5 nitrogen and oxygen atoms in total. The molecule has 0 amide bonds. The van der Waals surface area contributed by atoms with Gasteiger partial charge in [0.25, 0.3) is 0 Å². The van der Waals surface area contributed by atoms with Crippen molar-refractivity contribution in [2.75, 3.05) is 23.7 Å². The zero-order chi connectivity index (χ0) is 15.3. The predicted octanol–water partition coefficient (Wildman–Crippen LogP) is 2.48. The third-order valence-electron chi connectivity index (χ3n) is 2.77. The van der Waals surface area contributed by atoms with E-state index in [9.17, 15) is 9.18 Å².